The minimum atomic E-state index is -0.362. The molecule has 4 heteroatoms. The van der Waals surface area contributed by atoms with Crippen molar-refractivity contribution in [3.8, 4) is 0 Å². The van der Waals surface area contributed by atoms with Gasteiger partial charge in [-0.05, 0) is 62.5 Å². The first-order chi connectivity index (χ1) is 8.65. The summed E-state index contributed by atoms with van der Waals surface area (Å²) in [7, 11) is 0. The summed E-state index contributed by atoms with van der Waals surface area (Å²) in [5.41, 5.74) is 1.16. The molecule has 1 aliphatic rings. The second-order valence-corrected chi connectivity index (χ2v) is 4.94. The molecule has 0 aliphatic carbocycles. The molecular weight excluding hydrogens is 231 g/mol. The van der Waals surface area contributed by atoms with Crippen molar-refractivity contribution in [1.82, 2.24) is 10.6 Å². The molecule has 1 heterocycles. The zero-order valence-corrected chi connectivity index (χ0v) is 10.6. The van der Waals surface area contributed by atoms with E-state index in [9.17, 15) is 9.18 Å². The molecule has 1 aromatic carbocycles. The standard InChI is InChI=1S/C14H19FN2O/c1-10-5-12(7-13(15)6-10)14(18)17-9-11-3-2-4-16-8-11/h5-7,11,16H,2-4,8-9H2,1H3,(H,17,18)/t11-/m1/s1. The first kappa shape index (κ1) is 13.0. The van der Waals surface area contributed by atoms with E-state index in [1.54, 1.807) is 13.0 Å². The third kappa shape index (κ3) is 3.53. The molecule has 2 rings (SSSR count). The predicted molar refractivity (Wildman–Crippen MR) is 69.1 cm³/mol. The second-order valence-electron chi connectivity index (χ2n) is 4.94. The van der Waals surface area contributed by atoms with Gasteiger partial charge in [0, 0.05) is 12.1 Å². The maximum absolute atomic E-state index is 13.2. The number of piperidine rings is 1. The molecule has 1 amide bonds. The van der Waals surface area contributed by atoms with Crippen molar-refractivity contribution >= 4 is 5.91 Å². The molecule has 0 bridgehead atoms. The van der Waals surface area contributed by atoms with Crippen LogP contribution in [0, 0.1) is 18.7 Å². The van der Waals surface area contributed by atoms with Crippen LogP contribution in [0.3, 0.4) is 0 Å². The summed E-state index contributed by atoms with van der Waals surface area (Å²) in [6.07, 6.45) is 2.29. The van der Waals surface area contributed by atoms with Crippen LogP contribution in [0.25, 0.3) is 0 Å². The van der Waals surface area contributed by atoms with Gasteiger partial charge in [-0.2, -0.15) is 0 Å². The van der Waals surface area contributed by atoms with Crippen molar-refractivity contribution in [2.45, 2.75) is 19.8 Å². The molecule has 3 nitrogen and oxygen atoms in total. The van der Waals surface area contributed by atoms with E-state index >= 15 is 0 Å². The van der Waals surface area contributed by atoms with Crippen molar-refractivity contribution < 1.29 is 9.18 Å². The smallest absolute Gasteiger partial charge is 0.251 e. The number of carbonyl (C=O) groups is 1. The lowest BCUT2D eigenvalue weighted by Gasteiger charge is -2.22. The van der Waals surface area contributed by atoms with Crippen molar-refractivity contribution in [2.75, 3.05) is 19.6 Å². The van der Waals surface area contributed by atoms with E-state index in [-0.39, 0.29) is 11.7 Å². The van der Waals surface area contributed by atoms with Crippen LogP contribution in [0.1, 0.15) is 28.8 Å². The molecule has 0 saturated carbocycles. The topological polar surface area (TPSA) is 41.1 Å². The summed E-state index contributed by atoms with van der Waals surface area (Å²) in [5.74, 6) is -0.0694. The summed E-state index contributed by atoms with van der Waals surface area (Å²) in [6.45, 7) is 4.45. The Morgan fingerprint density at radius 2 is 2.33 bits per heavy atom. The van der Waals surface area contributed by atoms with Gasteiger partial charge in [-0.1, -0.05) is 0 Å². The molecule has 1 atom stereocenters. The monoisotopic (exact) mass is 250 g/mol. The zero-order valence-electron chi connectivity index (χ0n) is 10.6. The number of hydrogen-bond acceptors (Lipinski definition) is 2. The third-order valence-corrected chi connectivity index (χ3v) is 3.25. The van der Waals surface area contributed by atoms with Gasteiger partial charge >= 0.3 is 0 Å². The Kier molecular flexibility index (Phi) is 4.31. The molecule has 1 aliphatic heterocycles. The summed E-state index contributed by atoms with van der Waals surface area (Å²) in [4.78, 5) is 11.9. The molecule has 18 heavy (non-hydrogen) atoms. The quantitative estimate of drug-likeness (QED) is 0.859. The number of hydrogen-bond donors (Lipinski definition) is 2. The van der Waals surface area contributed by atoms with E-state index in [1.165, 1.54) is 12.1 Å². The highest BCUT2D eigenvalue weighted by atomic mass is 19.1. The summed E-state index contributed by atoms with van der Waals surface area (Å²) >= 11 is 0. The average molecular weight is 250 g/mol. The van der Waals surface area contributed by atoms with Crippen LogP contribution in [0.2, 0.25) is 0 Å². The van der Waals surface area contributed by atoms with Gasteiger partial charge < -0.3 is 10.6 Å². The number of carbonyl (C=O) groups excluding carboxylic acids is 1. The Morgan fingerprint density at radius 1 is 1.50 bits per heavy atom. The Labute approximate surface area is 107 Å². The van der Waals surface area contributed by atoms with Gasteiger partial charge in [0.15, 0.2) is 0 Å². The largest absolute Gasteiger partial charge is 0.352 e. The maximum atomic E-state index is 13.2. The van der Waals surface area contributed by atoms with Gasteiger partial charge in [0.1, 0.15) is 5.82 Å². The van der Waals surface area contributed by atoms with Gasteiger partial charge in [-0.25, -0.2) is 4.39 Å². The number of aryl methyl sites for hydroxylation is 1. The second kappa shape index (κ2) is 5.96. The summed E-state index contributed by atoms with van der Waals surface area (Å²) in [5, 5.41) is 6.18. The molecule has 1 aromatic rings. The Morgan fingerprint density at radius 3 is 3.00 bits per heavy atom. The molecular formula is C14H19FN2O. The normalized spacial score (nSPS) is 19.6. The summed E-state index contributed by atoms with van der Waals surface area (Å²) in [6, 6.07) is 4.40. The number of benzene rings is 1. The molecule has 1 fully saturated rings. The number of rotatable bonds is 3. The van der Waals surface area contributed by atoms with Crippen LogP contribution in [0.5, 0.6) is 0 Å². The van der Waals surface area contributed by atoms with Gasteiger partial charge in [0.25, 0.3) is 5.91 Å². The zero-order chi connectivity index (χ0) is 13.0. The molecule has 0 spiro atoms. The highest BCUT2D eigenvalue weighted by Gasteiger charge is 2.14. The van der Waals surface area contributed by atoms with Crippen molar-refractivity contribution in [1.29, 1.82) is 0 Å². The van der Waals surface area contributed by atoms with Gasteiger partial charge in [0.05, 0.1) is 0 Å². The van der Waals surface area contributed by atoms with Crippen molar-refractivity contribution in [3.63, 3.8) is 0 Å². The molecule has 2 N–H and O–H groups in total. The van der Waals surface area contributed by atoms with Crippen LogP contribution in [0.4, 0.5) is 4.39 Å². The molecule has 0 aromatic heterocycles. The number of amides is 1. The maximum Gasteiger partial charge on any atom is 0.251 e. The van der Waals surface area contributed by atoms with E-state index in [0.29, 0.717) is 18.0 Å². The Hall–Kier alpha value is -1.42. The van der Waals surface area contributed by atoms with E-state index < -0.39 is 0 Å². The van der Waals surface area contributed by atoms with E-state index in [2.05, 4.69) is 10.6 Å². The average Bonchev–Trinajstić information content (AvgIpc) is 2.36. The van der Waals surface area contributed by atoms with E-state index in [1.807, 2.05) is 0 Å². The van der Waals surface area contributed by atoms with Crippen molar-refractivity contribution in [3.05, 3.63) is 35.1 Å². The highest BCUT2D eigenvalue weighted by Crippen LogP contribution is 2.10. The first-order valence-electron chi connectivity index (χ1n) is 6.41. The van der Waals surface area contributed by atoms with Gasteiger partial charge in [-0.3, -0.25) is 4.79 Å². The predicted octanol–water partition coefficient (Wildman–Crippen LogP) is 1.86. The fourth-order valence-corrected chi connectivity index (χ4v) is 2.30. The van der Waals surface area contributed by atoms with Crippen LogP contribution < -0.4 is 10.6 Å². The SMILES string of the molecule is Cc1cc(F)cc(C(=O)NC[C@@H]2CCCNC2)c1. The Bertz CT molecular complexity index is 408. The Balaban J connectivity index is 1.90. The fraction of sp³-hybridized carbons (Fsp3) is 0.500. The van der Waals surface area contributed by atoms with Gasteiger partial charge in [0.2, 0.25) is 0 Å². The van der Waals surface area contributed by atoms with Gasteiger partial charge in [-0.15, -0.1) is 0 Å². The lowest BCUT2D eigenvalue weighted by Crippen LogP contribution is -2.38. The molecule has 0 unspecified atom stereocenters. The molecule has 1 saturated heterocycles. The van der Waals surface area contributed by atoms with Crippen LogP contribution in [-0.2, 0) is 0 Å². The molecule has 0 radical (unpaired) electrons. The minimum Gasteiger partial charge on any atom is -0.352 e. The van der Waals surface area contributed by atoms with Crippen LogP contribution >= 0.6 is 0 Å². The lowest BCUT2D eigenvalue weighted by molar-refractivity contribution is 0.0944. The minimum absolute atomic E-state index is 0.192. The first-order valence-corrected chi connectivity index (χ1v) is 6.41. The number of nitrogens with one attached hydrogen (secondary N) is 2. The molecule has 98 valence electrons. The third-order valence-electron chi connectivity index (χ3n) is 3.25. The van der Waals surface area contributed by atoms with E-state index in [0.717, 1.165) is 31.5 Å². The van der Waals surface area contributed by atoms with Crippen LogP contribution in [0.15, 0.2) is 18.2 Å². The summed E-state index contributed by atoms with van der Waals surface area (Å²) < 4.78 is 13.2. The highest BCUT2D eigenvalue weighted by molar-refractivity contribution is 5.94. The lowest BCUT2D eigenvalue weighted by atomic mass is 9.99. The fourth-order valence-electron chi connectivity index (χ4n) is 2.30. The van der Waals surface area contributed by atoms with E-state index in [4.69, 9.17) is 0 Å². The van der Waals surface area contributed by atoms with Crippen molar-refractivity contribution in [2.24, 2.45) is 5.92 Å². The number of halogens is 1. The van der Waals surface area contributed by atoms with Crippen LogP contribution in [-0.4, -0.2) is 25.5 Å².